The predicted octanol–water partition coefficient (Wildman–Crippen LogP) is 1.12. The van der Waals surface area contributed by atoms with Gasteiger partial charge in [-0.25, -0.2) is 18.3 Å². The zero-order valence-corrected chi connectivity index (χ0v) is 17.8. The summed E-state index contributed by atoms with van der Waals surface area (Å²) in [5, 5.41) is 28.8. The molecule has 3 rings (SSSR count). The minimum absolute atomic E-state index is 0.0381. The number of aryl methyl sites for hydroxylation is 1. The molecule has 0 saturated carbocycles. The van der Waals surface area contributed by atoms with Crippen molar-refractivity contribution in [3.05, 3.63) is 70.8 Å². The van der Waals surface area contributed by atoms with E-state index in [1.54, 1.807) is 36.4 Å². The summed E-state index contributed by atoms with van der Waals surface area (Å²) in [6.07, 6.45) is 1.18. The van der Waals surface area contributed by atoms with E-state index in [4.69, 9.17) is 5.26 Å². The number of rotatable bonds is 8. The molecule has 0 aliphatic rings. The highest BCUT2D eigenvalue weighted by molar-refractivity contribution is 7.91. The summed E-state index contributed by atoms with van der Waals surface area (Å²) in [4.78, 5) is 23.1. The molecule has 11 heteroatoms. The zero-order chi connectivity index (χ0) is 23.5. The molecule has 32 heavy (non-hydrogen) atoms. The van der Waals surface area contributed by atoms with Gasteiger partial charge in [-0.2, -0.15) is 5.26 Å². The number of aromatic hydroxyl groups is 1. The molecule has 1 heterocycles. The maximum Gasteiger partial charge on any atom is 0.330 e. The first-order chi connectivity index (χ1) is 15.2. The lowest BCUT2D eigenvalue weighted by molar-refractivity contribution is -0.159. The van der Waals surface area contributed by atoms with E-state index < -0.39 is 39.7 Å². The molecule has 1 atom stereocenters. The Morgan fingerprint density at radius 3 is 2.16 bits per heavy atom. The number of carbonyl (C=O) groups is 1. The van der Waals surface area contributed by atoms with Crippen LogP contribution >= 0.6 is 0 Å². The first kappa shape index (κ1) is 22.8. The number of imidazole rings is 1. The van der Waals surface area contributed by atoms with Crippen molar-refractivity contribution in [1.82, 2.24) is 14.2 Å². The standard InChI is InChI=1S/C21H20N4O6S/c1-23-12-20(27)24(21(23)28)11-18(25(29)14-26)13-32(30,31)19-8-6-17(7-9-19)16-4-2-15(10-22)3-5-16/h2-9,12,14,18,27,29H,11,13H2,1H3. The van der Waals surface area contributed by atoms with Crippen LogP contribution in [0.25, 0.3) is 11.1 Å². The lowest BCUT2D eigenvalue weighted by Gasteiger charge is -2.22. The Bertz CT molecular complexity index is 1320. The molecule has 1 aromatic heterocycles. The SMILES string of the molecule is Cn1cc(O)n(CC(CS(=O)(=O)c2ccc(-c3ccc(C#N)cc3)cc2)N(O)C=O)c1=O. The normalized spacial score (nSPS) is 12.2. The Morgan fingerprint density at radius 1 is 1.12 bits per heavy atom. The number of hydroxylamine groups is 2. The van der Waals surface area contributed by atoms with Crippen molar-refractivity contribution in [1.29, 1.82) is 5.26 Å². The highest BCUT2D eigenvalue weighted by atomic mass is 32.2. The van der Waals surface area contributed by atoms with Crippen LogP contribution in [0.15, 0.2) is 64.4 Å². The summed E-state index contributed by atoms with van der Waals surface area (Å²) < 4.78 is 27.8. The molecular weight excluding hydrogens is 436 g/mol. The van der Waals surface area contributed by atoms with Crippen molar-refractivity contribution in [3.63, 3.8) is 0 Å². The van der Waals surface area contributed by atoms with Gasteiger partial charge in [-0.1, -0.05) is 24.3 Å². The van der Waals surface area contributed by atoms with Crippen LogP contribution in [0.1, 0.15) is 5.56 Å². The Balaban J connectivity index is 1.85. The molecular formula is C21H20N4O6S. The first-order valence-electron chi connectivity index (χ1n) is 9.37. The lowest BCUT2D eigenvalue weighted by atomic mass is 10.0. The van der Waals surface area contributed by atoms with Crippen molar-refractivity contribution in [2.24, 2.45) is 7.05 Å². The van der Waals surface area contributed by atoms with Crippen molar-refractivity contribution >= 4 is 16.2 Å². The summed E-state index contributed by atoms with van der Waals surface area (Å²) in [6, 6.07) is 13.5. The van der Waals surface area contributed by atoms with E-state index >= 15 is 0 Å². The van der Waals surface area contributed by atoms with E-state index in [1.807, 2.05) is 6.07 Å². The lowest BCUT2D eigenvalue weighted by Crippen LogP contribution is -2.42. The van der Waals surface area contributed by atoms with Gasteiger partial charge < -0.3 is 5.11 Å². The summed E-state index contributed by atoms with van der Waals surface area (Å²) in [6.45, 7) is -0.427. The third-order valence-corrected chi connectivity index (χ3v) is 6.78. The number of benzene rings is 2. The van der Waals surface area contributed by atoms with Gasteiger partial charge in [0, 0.05) is 7.05 Å². The number of amides is 1. The van der Waals surface area contributed by atoms with Crippen LogP contribution in [0.5, 0.6) is 5.88 Å². The molecule has 0 saturated heterocycles. The third kappa shape index (κ3) is 4.72. The molecule has 1 amide bonds. The molecule has 2 N–H and O–H groups in total. The average molecular weight is 456 g/mol. The van der Waals surface area contributed by atoms with Crippen molar-refractivity contribution in [3.8, 4) is 23.1 Å². The number of hydrogen-bond donors (Lipinski definition) is 2. The van der Waals surface area contributed by atoms with Crippen LogP contribution in [0.2, 0.25) is 0 Å². The van der Waals surface area contributed by atoms with E-state index in [0.29, 0.717) is 5.56 Å². The van der Waals surface area contributed by atoms with Crippen LogP contribution in [-0.2, 0) is 28.2 Å². The highest BCUT2D eigenvalue weighted by Crippen LogP contribution is 2.23. The number of aromatic nitrogens is 2. The fourth-order valence-corrected chi connectivity index (χ4v) is 4.72. The van der Waals surface area contributed by atoms with Gasteiger partial charge in [-0.3, -0.25) is 19.1 Å². The van der Waals surface area contributed by atoms with E-state index in [2.05, 4.69) is 0 Å². The summed E-state index contributed by atoms with van der Waals surface area (Å²) in [5.74, 6) is -1.11. The van der Waals surface area contributed by atoms with Gasteiger partial charge in [0.25, 0.3) is 0 Å². The zero-order valence-electron chi connectivity index (χ0n) is 17.0. The average Bonchev–Trinajstić information content (AvgIpc) is 3.03. The quantitative estimate of drug-likeness (QED) is 0.293. The molecule has 1 unspecified atom stereocenters. The van der Waals surface area contributed by atoms with Crippen molar-refractivity contribution < 1.29 is 23.5 Å². The minimum Gasteiger partial charge on any atom is -0.493 e. The number of nitrogens with zero attached hydrogens (tertiary/aromatic N) is 4. The Labute approximate surface area is 183 Å². The van der Waals surface area contributed by atoms with Crippen LogP contribution in [0.3, 0.4) is 0 Å². The second-order valence-corrected chi connectivity index (χ2v) is 9.16. The predicted molar refractivity (Wildman–Crippen MR) is 113 cm³/mol. The number of sulfone groups is 1. The molecule has 3 aromatic rings. The van der Waals surface area contributed by atoms with Gasteiger partial charge in [-0.05, 0) is 35.4 Å². The minimum atomic E-state index is -3.97. The second-order valence-electron chi connectivity index (χ2n) is 7.13. The highest BCUT2D eigenvalue weighted by Gasteiger charge is 2.27. The Kier molecular flexibility index (Phi) is 6.47. The van der Waals surface area contributed by atoms with E-state index in [-0.39, 0.29) is 16.4 Å². The molecule has 0 fully saturated rings. The van der Waals surface area contributed by atoms with Gasteiger partial charge in [0.15, 0.2) is 9.84 Å². The first-order valence-corrected chi connectivity index (χ1v) is 11.0. The van der Waals surface area contributed by atoms with Crippen LogP contribution in [0, 0.1) is 11.3 Å². The van der Waals surface area contributed by atoms with Crippen LogP contribution < -0.4 is 5.69 Å². The summed E-state index contributed by atoms with van der Waals surface area (Å²) in [5.41, 5.74) is 1.41. The molecule has 0 aliphatic carbocycles. The number of hydrogen-bond acceptors (Lipinski definition) is 7. The van der Waals surface area contributed by atoms with Gasteiger partial charge >= 0.3 is 5.69 Å². The Hall–Kier alpha value is -3.88. The molecule has 0 aliphatic heterocycles. The van der Waals surface area contributed by atoms with Crippen molar-refractivity contribution in [2.75, 3.05) is 5.75 Å². The Morgan fingerprint density at radius 2 is 1.69 bits per heavy atom. The van der Waals surface area contributed by atoms with Gasteiger partial charge in [-0.15, -0.1) is 0 Å². The second kappa shape index (κ2) is 9.09. The van der Waals surface area contributed by atoms with Gasteiger partial charge in [0.2, 0.25) is 12.3 Å². The smallest absolute Gasteiger partial charge is 0.330 e. The number of carbonyl (C=O) groups excluding carboxylic acids is 1. The van der Waals surface area contributed by atoms with Gasteiger partial charge in [0.1, 0.15) is 0 Å². The topological polar surface area (TPSA) is 146 Å². The monoisotopic (exact) mass is 456 g/mol. The third-order valence-electron chi connectivity index (χ3n) is 4.97. The fraction of sp³-hybridized carbons (Fsp3) is 0.190. The van der Waals surface area contributed by atoms with Crippen LogP contribution in [-0.4, -0.2) is 51.1 Å². The molecule has 0 bridgehead atoms. The maximum atomic E-state index is 12.9. The molecule has 0 radical (unpaired) electrons. The van der Waals surface area contributed by atoms with E-state index in [0.717, 1.165) is 26.5 Å². The fourth-order valence-electron chi connectivity index (χ4n) is 3.21. The molecule has 0 spiro atoms. The summed E-state index contributed by atoms with van der Waals surface area (Å²) in [7, 11) is -2.57. The van der Waals surface area contributed by atoms with Crippen LogP contribution in [0.4, 0.5) is 0 Å². The maximum absolute atomic E-state index is 12.9. The van der Waals surface area contributed by atoms with E-state index in [1.165, 1.54) is 19.2 Å². The largest absolute Gasteiger partial charge is 0.493 e. The molecule has 166 valence electrons. The molecule has 2 aromatic carbocycles. The summed E-state index contributed by atoms with van der Waals surface area (Å²) >= 11 is 0. The van der Waals surface area contributed by atoms with E-state index in [9.17, 15) is 28.3 Å². The molecule has 10 nitrogen and oxygen atoms in total. The van der Waals surface area contributed by atoms with Gasteiger partial charge in [0.05, 0.1) is 41.1 Å². The number of nitriles is 1. The van der Waals surface area contributed by atoms with Crippen molar-refractivity contribution in [2.45, 2.75) is 17.5 Å².